The minimum absolute atomic E-state index is 0.00502. The molecule has 0 aliphatic heterocycles. The molecule has 0 fully saturated rings. The third kappa shape index (κ3) is 2.12. The number of aliphatic hydroxyl groups is 1. The standard InChI is InChI=1S/C14H15NO/c1-10-4-3-5-12(6-10)14-8-15-13(9-16)7-11(14)2/h3-8,16H,9H2,1-2H3. The summed E-state index contributed by atoms with van der Waals surface area (Å²) in [6.45, 7) is 4.11. The van der Waals surface area contributed by atoms with E-state index < -0.39 is 0 Å². The van der Waals surface area contributed by atoms with E-state index in [-0.39, 0.29) is 6.61 Å². The van der Waals surface area contributed by atoms with Gasteiger partial charge in [-0.15, -0.1) is 0 Å². The Bertz CT molecular complexity index is 506. The summed E-state index contributed by atoms with van der Waals surface area (Å²) in [6, 6.07) is 10.3. The second-order valence-corrected chi connectivity index (χ2v) is 4.02. The van der Waals surface area contributed by atoms with Crippen LogP contribution < -0.4 is 0 Å². The van der Waals surface area contributed by atoms with Gasteiger partial charge in [-0.1, -0.05) is 29.8 Å². The summed E-state index contributed by atoms with van der Waals surface area (Å²) in [5.41, 5.74) is 5.40. The molecular weight excluding hydrogens is 198 g/mol. The maximum atomic E-state index is 9.01. The van der Waals surface area contributed by atoms with Gasteiger partial charge in [0, 0.05) is 11.8 Å². The number of pyridine rings is 1. The zero-order chi connectivity index (χ0) is 11.5. The minimum Gasteiger partial charge on any atom is -0.390 e. The van der Waals surface area contributed by atoms with Crippen molar-refractivity contribution in [2.75, 3.05) is 0 Å². The molecule has 1 heterocycles. The van der Waals surface area contributed by atoms with Gasteiger partial charge in [0.1, 0.15) is 0 Å². The third-order valence-corrected chi connectivity index (χ3v) is 2.66. The number of benzene rings is 1. The predicted molar refractivity (Wildman–Crippen MR) is 65.1 cm³/mol. The fraction of sp³-hybridized carbons (Fsp3) is 0.214. The Morgan fingerprint density at radius 3 is 2.62 bits per heavy atom. The predicted octanol–water partition coefficient (Wildman–Crippen LogP) is 2.86. The van der Waals surface area contributed by atoms with E-state index in [2.05, 4.69) is 30.1 Å². The van der Waals surface area contributed by atoms with Crippen molar-refractivity contribution in [3.63, 3.8) is 0 Å². The lowest BCUT2D eigenvalue weighted by Crippen LogP contribution is -1.92. The second kappa shape index (κ2) is 4.45. The summed E-state index contributed by atoms with van der Waals surface area (Å²) in [5.74, 6) is 0. The summed E-state index contributed by atoms with van der Waals surface area (Å²) in [5, 5.41) is 9.01. The Labute approximate surface area is 95.6 Å². The smallest absolute Gasteiger partial charge is 0.0853 e. The van der Waals surface area contributed by atoms with Crippen LogP contribution >= 0.6 is 0 Å². The van der Waals surface area contributed by atoms with Gasteiger partial charge in [-0.3, -0.25) is 4.98 Å². The maximum absolute atomic E-state index is 9.01. The van der Waals surface area contributed by atoms with E-state index in [1.807, 2.05) is 25.3 Å². The van der Waals surface area contributed by atoms with Gasteiger partial charge in [0.05, 0.1) is 12.3 Å². The highest BCUT2D eigenvalue weighted by Gasteiger charge is 2.03. The number of hydrogen-bond acceptors (Lipinski definition) is 2. The molecule has 0 aliphatic rings. The van der Waals surface area contributed by atoms with Crippen molar-refractivity contribution >= 4 is 0 Å². The molecule has 0 aliphatic carbocycles. The topological polar surface area (TPSA) is 33.1 Å². The van der Waals surface area contributed by atoms with Crippen molar-refractivity contribution in [1.29, 1.82) is 0 Å². The van der Waals surface area contributed by atoms with Gasteiger partial charge in [-0.2, -0.15) is 0 Å². The van der Waals surface area contributed by atoms with Crippen LogP contribution in [0.4, 0.5) is 0 Å². The summed E-state index contributed by atoms with van der Waals surface area (Å²) >= 11 is 0. The molecule has 0 saturated carbocycles. The summed E-state index contributed by atoms with van der Waals surface area (Å²) in [4.78, 5) is 4.21. The molecule has 0 bridgehead atoms. The zero-order valence-electron chi connectivity index (χ0n) is 9.57. The highest BCUT2D eigenvalue weighted by atomic mass is 16.3. The van der Waals surface area contributed by atoms with Crippen LogP contribution in [0.5, 0.6) is 0 Å². The molecule has 1 aromatic carbocycles. The lowest BCUT2D eigenvalue weighted by Gasteiger charge is -2.07. The molecule has 16 heavy (non-hydrogen) atoms. The molecule has 2 heteroatoms. The lowest BCUT2D eigenvalue weighted by molar-refractivity contribution is 0.277. The molecule has 0 saturated heterocycles. The average molecular weight is 213 g/mol. The molecule has 0 unspecified atom stereocenters. The summed E-state index contributed by atoms with van der Waals surface area (Å²) in [7, 11) is 0. The second-order valence-electron chi connectivity index (χ2n) is 4.02. The van der Waals surface area contributed by atoms with Crippen LogP contribution in [0.25, 0.3) is 11.1 Å². The first-order chi connectivity index (χ1) is 7.70. The van der Waals surface area contributed by atoms with E-state index in [1.54, 1.807) is 0 Å². The fourth-order valence-electron chi connectivity index (χ4n) is 1.82. The van der Waals surface area contributed by atoms with E-state index in [4.69, 9.17) is 5.11 Å². The fourth-order valence-corrected chi connectivity index (χ4v) is 1.82. The Kier molecular flexibility index (Phi) is 3.02. The van der Waals surface area contributed by atoms with Crippen LogP contribution in [0.1, 0.15) is 16.8 Å². The molecule has 0 spiro atoms. The Balaban J connectivity index is 2.48. The van der Waals surface area contributed by atoms with Crippen LogP contribution in [-0.4, -0.2) is 10.1 Å². The Morgan fingerprint density at radius 2 is 2.00 bits per heavy atom. The third-order valence-electron chi connectivity index (χ3n) is 2.66. The first kappa shape index (κ1) is 10.8. The van der Waals surface area contributed by atoms with Crippen LogP contribution in [0.15, 0.2) is 36.5 Å². The van der Waals surface area contributed by atoms with Gasteiger partial charge in [0.2, 0.25) is 0 Å². The SMILES string of the molecule is Cc1cccc(-c2cnc(CO)cc2C)c1. The molecule has 1 aromatic heterocycles. The van der Waals surface area contributed by atoms with Crippen LogP contribution in [0.2, 0.25) is 0 Å². The molecule has 2 nitrogen and oxygen atoms in total. The summed E-state index contributed by atoms with van der Waals surface area (Å²) in [6.07, 6.45) is 1.83. The van der Waals surface area contributed by atoms with E-state index in [0.717, 1.165) is 11.1 Å². The number of hydrogen-bond donors (Lipinski definition) is 1. The molecule has 2 aromatic rings. The number of nitrogens with zero attached hydrogens (tertiary/aromatic N) is 1. The van der Waals surface area contributed by atoms with Crippen molar-refractivity contribution in [1.82, 2.24) is 4.98 Å². The molecule has 0 radical (unpaired) electrons. The van der Waals surface area contributed by atoms with Crippen molar-refractivity contribution < 1.29 is 5.11 Å². The molecule has 1 N–H and O–H groups in total. The molecular formula is C14H15NO. The van der Waals surface area contributed by atoms with Crippen molar-refractivity contribution in [3.8, 4) is 11.1 Å². The van der Waals surface area contributed by atoms with Gasteiger partial charge >= 0.3 is 0 Å². The molecule has 2 rings (SSSR count). The van der Waals surface area contributed by atoms with Gasteiger partial charge in [-0.05, 0) is 31.0 Å². The zero-order valence-corrected chi connectivity index (χ0v) is 9.57. The minimum atomic E-state index is -0.00502. The van der Waals surface area contributed by atoms with E-state index in [1.165, 1.54) is 11.1 Å². The van der Waals surface area contributed by atoms with Crippen LogP contribution in [0.3, 0.4) is 0 Å². The van der Waals surface area contributed by atoms with E-state index in [9.17, 15) is 0 Å². The molecule has 82 valence electrons. The Morgan fingerprint density at radius 1 is 1.19 bits per heavy atom. The number of rotatable bonds is 2. The van der Waals surface area contributed by atoms with Gasteiger partial charge in [-0.25, -0.2) is 0 Å². The highest BCUT2D eigenvalue weighted by Crippen LogP contribution is 2.23. The van der Waals surface area contributed by atoms with Crippen molar-refractivity contribution in [3.05, 3.63) is 53.3 Å². The number of aryl methyl sites for hydroxylation is 2. The largest absolute Gasteiger partial charge is 0.390 e. The van der Waals surface area contributed by atoms with E-state index in [0.29, 0.717) is 5.69 Å². The molecule has 0 amide bonds. The lowest BCUT2D eigenvalue weighted by atomic mass is 10.0. The van der Waals surface area contributed by atoms with E-state index >= 15 is 0 Å². The number of aliphatic hydroxyl groups excluding tert-OH is 1. The van der Waals surface area contributed by atoms with Crippen LogP contribution in [-0.2, 0) is 6.61 Å². The van der Waals surface area contributed by atoms with Crippen molar-refractivity contribution in [2.45, 2.75) is 20.5 Å². The van der Waals surface area contributed by atoms with Gasteiger partial charge in [0.25, 0.3) is 0 Å². The summed E-state index contributed by atoms with van der Waals surface area (Å²) < 4.78 is 0. The quantitative estimate of drug-likeness (QED) is 0.832. The Hall–Kier alpha value is -1.67. The van der Waals surface area contributed by atoms with Gasteiger partial charge < -0.3 is 5.11 Å². The van der Waals surface area contributed by atoms with Gasteiger partial charge in [0.15, 0.2) is 0 Å². The average Bonchev–Trinajstić information content (AvgIpc) is 2.28. The van der Waals surface area contributed by atoms with Crippen LogP contribution in [0, 0.1) is 13.8 Å². The highest BCUT2D eigenvalue weighted by molar-refractivity contribution is 5.66. The molecule has 0 atom stereocenters. The van der Waals surface area contributed by atoms with Crippen molar-refractivity contribution in [2.24, 2.45) is 0 Å². The number of aromatic nitrogens is 1. The normalized spacial score (nSPS) is 10.4. The monoisotopic (exact) mass is 213 g/mol. The first-order valence-electron chi connectivity index (χ1n) is 5.34. The maximum Gasteiger partial charge on any atom is 0.0853 e. The first-order valence-corrected chi connectivity index (χ1v) is 5.34.